The van der Waals surface area contributed by atoms with Crippen LogP contribution in [0.15, 0.2) is 35.4 Å². The van der Waals surface area contributed by atoms with E-state index < -0.39 is 6.10 Å². The van der Waals surface area contributed by atoms with Crippen molar-refractivity contribution in [2.45, 2.75) is 38.4 Å². The molecule has 1 atom stereocenters. The van der Waals surface area contributed by atoms with Gasteiger partial charge in [-0.25, -0.2) is 9.97 Å². The number of likely N-dealkylation sites (N-methyl/N-ethyl adjacent to an activating group) is 1. The molecule has 4 nitrogen and oxygen atoms in total. The molecular weight excluding hydrogens is 362 g/mol. The molecule has 3 aromatic rings. The molecule has 0 spiro atoms. The molecule has 2 aromatic heterocycles. The average Bonchev–Trinajstić information content (AvgIpc) is 2.87. The van der Waals surface area contributed by atoms with Gasteiger partial charge in [0.15, 0.2) is 0 Å². The van der Waals surface area contributed by atoms with Gasteiger partial charge < -0.3 is 5.11 Å². The molecule has 3 rings (SSSR count). The van der Waals surface area contributed by atoms with E-state index in [9.17, 15) is 5.11 Å². The van der Waals surface area contributed by atoms with Gasteiger partial charge in [-0.3, -0.25) is 4.90 Å². The largest absolute Gasteiger partial charge is 0.391 e. The van der Waals surface area contributed by atoms with Gasteiger partial charge in [-0.15, -0.1) is 23.1 Å². The van der Waals surface area contributed by atoms with Crippen molar-refractivity contribution in [1.82, 2.24) is 14.9 Å². The third kappa shape index (κ3) is 4.62. The Morgan fingerprint density at radius 3 is 2.62 bits per heavy atom. The van der Waals surface area contributed by atoms with Crippen molar-refractivity contribution in [3.63, 3.8) is 0 Å². The molecule has 1 aromatic carbocycles. The number of aryl methyl sites for hydroxylation is 3. The number of thiophene rings is 1. The van der Waals surface area contributed by atoms with Crippen molar-refractivity contribution in [1.29, 1.82) is 0 Å². The van der Waals surface area contributed by atoms with Crippen LogP contribution in [0.1, 0.15) is 21.8 Å². The average molecular weight is 388 g/mol. The first kappa shape index (κ1) is 19.3. The van der Waals surface area contributed by atoms with Gasteiger partial charge in [0.25, 0.3) is 0 Å². The van der Waals surface area contributed by atoms with E-state index in [4.69, 9.17) is 0 Å². The van der Waals surface area contributed by atoms with Gasteiger partial charge in [0.05, 0.1) is 6.10 Å². The summed E-state index contributed by atoms with van der Waals surface area (Å²) in [6.07, 6.45) is -0.404. The molecule has 6 heteroatoms. The van der Waals surface area contributed by atoms with Gasteiger partial charge in [0, 0.05) is 29.1 Å². The Morgan fingerprint density at radius 2 is 1.88 bits per heavy atom. The monoisotopic (exact) mass is 387 g/mol. The quantitative estimate of drug-likeness (QED) is 0.486. The predicted molar refractivity (Wildman–Crippen MR) is 111 cm³/mol. The summed E-state index contributed by atoms with van der Waals surface area (Å²) in [5.74, 6) is 1.41. The molecule has 0 aliphatic rings. The van der Waals surface area contributed by atoms with E-state index in [-0.39, 0.29) is 0 Å². The molecule has 0 fully saturated rings. The fraction of sp³-hybridized carbons (Fsp3) is 0.400. The number of benzene rings is 1. The maximum Gasteiger partial charge on any atom is 0.128 e. The lowest BCUT2D eigenvalue weighted by Gasteiger charge is -2.20. The van der Waals surface area contributed by atoms with Gasteiger partial charge >= 0.3 is 0 Å². The van der Waals surface area contributed by atoms with Gasteiger partial charge in [-0.1, -0.05) is 30.3 Å². The Morgan fingerprint density at radius 1 is 1.15 bits per heavy atom. The molecule has 0 saturated heterocycles. The van der Waals surface area contributed by atoms with Crippen LogP contribution in [-0.4, -0.2) is 45.4 Å². The highest BCUT2D eigenvalue weighted by molar-refractivity contribution is 7.99. The minimum Gasteiger partial charge on any atom is -0.391 e. The number of thioether (sulfide) groups is 1. The van der Waals surface area contributed by atoms with Crippen LogP contribution < -0.4 is 0 Å². The lowest BCUT2D eigenvalue weighted by Crippen LogP contribution is -2.30. The number of aliphatic hydroxyl groups excluding tert-OH is 1. The van der Waals surface area contributed by atoms with Crippen molar-refractivity contribution in [2.24, 2.45) is 0 Å². The van der Waals surface area contributed by atoms with Crippen LogP contribution in [0, 0.1) is 20.8 Å². The van der Waals surface area contributed by atoms with E-state index in [1.807, 2.05) is 32.2 Å². The summed E-state index contributed by atoms with van der Waals surface area (Å²) in [4.78, 5) is 13.7. The second-order valence-electron chi connectivity index (χ2n) is 6.69. The Bertz CT molecular complexity index is 880. The van der Waals surface area contributed by atoms with Gasteiger partial charge in [-0.05, 0) is 38.9 Å². The number of rotatable bonds is 7. The Labute approximate surface area is 163 Å². The second kappa shape index (κ2) is 8.48. The van der Waals surface area contributed by atoms with Crippen LogP contribution in [0.2, 0.25) is 0 Å². The number of hydrogen-bond donors (Lipinski definition) is 1. The summed E-state index contributed by atoms with van der Waals surface area (Å²) < 4.78 is 0. The van der Waals surface area contributed by atoms with E-state index in [2.05, 4.69) is 40.8 Å². The SMILES string of the molecule is Cc1nc(SCC(O)CN(C)Cc2ccccc2)c2c(C)c(C)sc2n1. The number of aromatic nitrogens is 2. The van der Waals surface area contributed by atoms with Crippen molar-refractivity contribution >= 4 is 33.3 Å². The maximum absolute atomic E-state index is 10.5. The van der Waals surface area contributed by atoms with Crippen LogP contribution >= 0.6 is 23.1 Å². The second-order valence-corrected chi connectivity index (χ2v) is 8.90. The molecular formula is C20H25N3OS2. The smallest absolute Gasteiger partial charge is 0.128 e. The summed E-state index contributed by atoms with van der Waals surface area (Å²) >= 11 is 3.34. The predicted octanol–water partition coefficient (Wildman–Crippen LogP) is 4.20. The molecule has 138 valence electrons. The normalized spacial score (nSPS) is 12.8. The zero-order valence-electron chi connectivity index (χ0n) is 15.7. The first-order valence-corrected chi connectivity index (χ1v) is 10.5. The van der Waals surface area contributed by atoms with Crippen LogP contribution in [0.4, 0.5) is 0 Å². The zero-order valence-corrected chi connectivity index (χ0v) is 17.3. The number of hydrogen-bond acceptors (Lipinski definition) is 6. The number of fused-ring (bicyclic) bond motifs is 1. The van der Waals surface area contributed by atoms with E-state index in [0.717, 1.165) is 27.6 Å². The summed E-state index contributed by atoms with van der Waals surface area (Å²) in [7, 11) is 2.04. The summed E-state index contributed by atoms with van der Waals surface area (Å²) in [6, 6.07) is 10.3. The van der Waals surface area contributed by atoms with E-state index in [1.54, 1.807) is 23.1 Å². The Kier molecular flexibility index (Phi) is 6.29. The van der Waals surface area contributed by atoms with E-state index >= 15 is 0 Å². The third-order valence-corrected chi connectivity index (χ3v) is 6.56. The van der Waals surface area contributed by atoms with Gasteiger partial charge in [0.2, 0.25) is 0 Å². The van der Waals surface area contributed by atoms with Gasteiger partial charge in [0.1, 0.15) is 15.7 Å². The lowest BCUT2D eigenvalue weighted by molar-refractivity contribution is 0.142. The highest BCUT2D eigenvalue weighted by Crippen LogP contribution is 2.35. The Balaban J connectivity index is 1.62. The highest BCUT2D eigenvalue weighted by Gasteiger charge is 2.16. The minimum absolute atomic E-state index is 0.404. The first-order chi connectivity index (χ1) is 12.4. The van der Waals surface area contributed by atoms with Crippen LogP contribution in [0.5, 0.6) is 0 Å². The molecule has 1 unspecified atom stereocenters. The fourth-order valence-corrected chi connectivity index (χ4v) is 5.15. The Hall–Kier alpha value is -1.47. The van der Waals surface area contributed by atoms with Crippen molar-refractivity contribution in [2.75, 3.05) is 19.3 Å². The van der Waals surface area contributed by atoms with Crippen molar-refractivity contribution in [3.8, 4) is 0 Å². The molecule has 1 N–H and O–H groups in total. The van der Waals surface area contributed by atoms with Crippen LogP contribution in [0.25, 0.3) is 10.2 Å². The number of nitrogens with zero attached hydrogens (tertiary/aromatic N) is 3. The highest BCUT2D eigenvalue weighted by atomic mass is 32.2. The zero-order chi connectivity index (χ0) is 18.7. The molecule has 0 amide bonds. The van der Waals surface area contributed by atoms with E-state index in [1.165, 1.54) is 16.0 Å². The van der Waals surface area contributed by atoms with Crippen molar-refractivity contribution < 1.29 is 5.11 Å². The molecule has 0 bridgehead atoms. The molecule has 2 heterocycles. The van der Waals surface area contributed by atoms with Crippen LogP contribution in [-0.2, 0) is 6.54 Å². The molecule has 26 heavy (non-hydrogen) atoms. The fourth-order valence-electron chi connectivity index (χ4n) is 2.97. The molecule has 0 radical (unpaired) electrons. The molecule has 0 aliphatic heterocycles. The third-order valence-electron chi connectivity index (χ3n) is 4.34. The van der Waals surface area contributed by atoms with Gasteiger partial charge in [-0.2, -0.15) is 0 Å². The van der Waals surface area contributed by atoms with Crippen LogP contribution in [0.3, 0.4) is 0 Å². The molecule has 0 aliphatic carbocycles. The standard InChI is InChI=1S/C20H25N3OS2/c1-13-14(2)26-20-18(13)19(21-15(3)22-20)25-12-17(24)11-23(4)10-16-8-6-5-7-9-16/h5-9,17,24H,10-12H2,1-4H3. The van der Waals surface area contributed by atoms with Crippen molar-refractivity contribution in [3.05, 3.63) is 52.2 Å². The number of aliphatic hydroxyl groups is 1. The molecule has 0 saturated carbocycles. The lowest BCUT2D eigenvalue weighted by atomic mass is 10.2. The van der Waals surface area contributed by atoms with E-state index in [0.29, 0.717) is 12.3 Å². The first-order valence-electron chi connectivity index (χ1n) is 8.71. The minimum atomic E-state index is -0.404. The summed E-state index contributed by atoms with van der Waals surface area (Å²) in [5.41, 5.74) is 2.51. The summed E-state index contributed by atoms with van der Waals surface area (Å²) in [6.45, 7) is 7.65. The summed E-state index contributed by atoms with van der Waals surface area (Å²) in [5, 5.41) is 12.6. The topological polar surface area (TPSA) is 49.3 Å². The maximum atomic E-state index is 10.5.